The van der Waals surface area contributed by atoms with Crippen molar-refractivity contribution in [2.24, 2.45) is 0 Å². The van der Waals surface area contributed by atoms with Gasteiger partial charge >= 0.3 is 0 Å². The van der Waals surface area contributed by atoms with Crippen LogP contribution in [0.2, 0.25) is 5.02 Å². The number of hydrogen-bond acceptors (Lipinski definition) is 7. The van der Waals surface area contributed by atoms with E-state index in [1.807, 2.05) is 0 Å². The molecule has 1 aromatic carbocycles. The number of benzene rings is 1. The first kappa shape index (κ1) is 22.0. The molecule has 1 aliphatic carbocycles. The summed E-state index contributed by atoms with van der Waals surface area (Å²) in [6, 6.07) is 1.30. The third-order valence-corrected chi connectivity index (χ3v) is 7.55. The molecule has 1 unspecified atom stereocenters. The van der Waals surface area contributed by atoms with Gasteiger partial charge < -0.3 is 10.6 Å². The first-order chi connectivity index (χ1) is 16.8. The highest BCUT2D eigenvalue weighted by Gasteiger charge is 2.39. The Morgan fingerprint density at radius 3 is 2.86 bits per heavy atom. The van der Waals surface area contributed by atoms with E-state index in [2.05, 4.69) is 26.9 Å². The van der Waals surface area contributed by atoms with Gasteiger partial charge in [0.15, 0.2) is 10.9 Å². The van der Waals surface area contributed by atoms with Crippen molar-refractivity contribution >= 4 is 61.7 Å². The van der Waals surface area contributed by atoms with Crippen molar-refractivity contribution in [2.75, 3.05) is 18.8 Å². The van der Waals surface area contributed by atoms with Crippen molar-refractivity contribution in [3.63, 3.8) is 0 Å². The van der Waals surface area contributed by atoms with E-state index >= 15 is 8.78 Å². The predicted molar refractivity (Wildman–Crippen MR) is 126 cm³/mol. The Labute approximate surface area is 204 Å². The molecule has 2 aliphatic rings. The molecule has 1 fully saturated rings. The molecule has 1 aliphatic heterocycles. The second-order valence-corrected chi connectivity index (χ2v) is 9.75. The van der Waals surface area contributed by atoms with Crippen molar-refractivity contribution < 1.29 is 18.0 Å². The number of anilines is 1. The maximum absolute atomic E-state index is 16.0. The van der Waals surface area contributed by atoms with E-state index in [4.69, 9.17) is 17.3 Å². The third kappa shape index (κ3) is 3.16. The highest BCUT2D eigenvalue weighted by molar-refractivity contribution is 7.16. The number of allylic oxidation sites excluding steroid dienone is 1. The molecule has 35 heavy (non-hydrogen) atoms. The minimum atomic E-state index is -1.91. The molecule has 0 saturated carbocycles. The standard InChI is InChI=1S/C22H15ClF3N7OS/c1-2-14(34)32-6-8(7-32)33-20-9-3-10(23)15(17(26)18(9)28-5-13(20)30-31-33)16-11(24)4-12(25)21-19(16)29-22(27)35-21/h2-5,8,11,16H,1,6-7H2,(H2,27,29)/t11-,16?/m0/s1. The molecule has 13 heteroatoms. The number of carbonyl (C=O) groups is 1. The van der Waals surface area contributed by atoms with Crippen LogP contribution in [0.15, 0.2) is 31.0 Å². The van der Waals surface area contributed by atoms with Crippen LogP contribution in [0.25, 0.3) is 27.8 Å². The number of hydrogen-bond donors (Lipinski definition) is 1. The molecule has 0 spiro atoms. The monoisotopic (exact) mass is 517 g/mol. The SMILES string of the molecule is C=CC(=O)N1CC(n2nnc3cnc4c(F)c(C5c6nc(N)sc6C(F)=C[C@@H]5F)c(Cl)cc4c32)C1. The number of rotatable bonds is 3. The van der Waals surface area contributed by atoms with Gasteiger partial charge in [0.1, 0.15) is 28.5 Å². The number of halogens is 4. The van der Waals surface area contributed by atoms with E-state index in [1.54, 1.807) is 9.58 Å². The highest BCUT2D eigenvalue weighted by atomic mass is 35.5. The van der Waals surface area contributed by atoms with Crippen LogP contribution in [0.1, 0.15) is 28.1 Å². The summed E-state index contributed by atoms with van der Waals surface area (Å²) in [5, 5.41) is 8.59. The summed E-state index contributed by atoms with van der Waals surface area (Å²) in [7, 11) is 0. The summed E-state index contributed by atoms with van der Waals surface area (Å²) in [5.74, 6) is -3.13. The number of amides is 1. The van der Waals surface area contributed by atoms with Gasteiger partial charge in [-0.3, -0.25) is 9.78 Å². The number of nitrogen functional groups attached to an aromatic ring is 1. The summed E-state index contributed by atoms with van der Waals surface area (Å²) < 4.78 is 47.0. The number of thiazole rings is 1. The minimum absolute atomic E-state index is 0.00520. The predicted octanol–water partition coefficient (Wildman–Crippen LogP) is 4.17. The van der Waals surface area contributed by atoms with Crippen molar-refractivity contribution in [2.45, 2.75) is 18.1 Å². The molecule has 0 bridgehead atoms. The summed E-state index contributed by atoms with van der Waals surface area (Å²) >= 11 is 7.39. The molecule has 178 valence electrons. The summed E-state index contributed by atoms with van der Waals surface area (Å²) in [6.45, 7) is 4.26. The Morgan fingerprint density at radius 2 is 2.11 bits per heavy atom. The molecule has 6 rings (SSSR count). The Bertz CT molecular complexity index is 1590. The molecule has 4 heterocycles. The first-order valence-corrected chi connectivity index (χ1v) is 11.7. The van der Waals surface area contributed by atoms with Gasteiger partial charge in [0, 0.05) is 29.1 Å². The average molecular weight is 518 g/mol. The molecule has 3 aromatic heterocycles. The van der Waals surface area contributed by atoms with E-state index in [1.165, 1.54) is 18.3 Å². The zero-order chi connectivity index (χ0) is 24.6. The van der Waals surface area contributed by atoms with Crippen molar-refractivity contribution in [3.8, 4) is 0 Å². The number of alkyl halides is 1. The number of pyridine rings is 1. The Morgan fingerprint density at radius 1 is 1.34 bits per heavy atom. The fourth-order valence-electron chi connectivity index (χ4n) is 4.66. The molecule has 8 nitrogen and oxygen atoms in total. The van der Waals surface area contributed by atoms with Crippen LogP contribution < -0.4 is 5.73 Å². The van der Waals surface area contributed by atoms with Crippen LogP contribution in [-0.4, -0.2) is 55.0 Å². The maximum Gasteiger partial charge on any atom is 0.246 e. The van der Waals surface area contributed by atoms with Gasteiger partial charge in [0.05, 0.1) is 28.7 Å². The molecule has 1 amide bonds. The largest absolute Gasteiger partial charge is 0.375 e. The van der Waals surface area contributed by atoms with E-state index in [0.29, 0.717) is 29.5 Å². The quantitative estimate of drug-likeness (QED) is 0.409. The molecule has 2 N–H and O–H groups in total. The fourth-order valence-corrected chi connectivity index (χ4v) is 5.76. The lowest BCUT2D eigenvalue weighted by Gasteiger charge is -2.38. The average Bonchev–Trinajstić information content (AvgIpc) is 3.38. The van der Waals surface area contributed by atoms with Crippen LogP contribution >= 0.6 is 22.9 Å². The van der Waals surface area contributed by atoms with Gasteiger partial charge in [-0.05, 0) is 18.2 Å². The van der Waals surface area contributed by atoms with Crippen LogP contribution in [0.3, 0.4) is 0 Å². The molecular weight excluding hydrogens is 503 g/mol. The number of aromatic nitrogens is 5. The lowest BCUT2D eigenvalue weighted by Crippen LogP contribution is -2.50. The summed E-state index contributed by atoms with van der Waals surface area (Å²) in [4.78, 5) is 21.7. The van der Waals surface area contributed by atoms with Gasteiger partial charge in [-0.2, -0.15) is 0 Å². The van der Waals surface area contributed by atoms with E-state index in [0.717, 1.165) is 17.4 Å². The Kier molecular flexibility index (Phi) is 4.87. The van der Waals surface area contributed by atoms with Crippen LogP contribution in [0.4, 0.5) is 18.3 Å². The maximum atomic E-state index is 16.0. The normalized spacial score (nSPS) is 20.1. The molecule has 1 saturated heterocycles. The smallest absolute Gasteiger partial charge is 0.246 e. The van der Waals surface area contributed by atoms with E-state index in [9.17, 15) is 9.18 Å². The lowest BCUT2D eigenvalue weighted by molar-refractivity contribution is -0.131. The van der Waals surface area contributed by atoms with Gasteiger partial charge in [-0.25, -0.2) is 22.8 Å². The summed E-state index contributed by atoms with van der Waals surface area (Å²) in [5.41, 5.74) is 6.38. The summed E-state index contributed by atoms with van der Waals surface area (Å²) in [6.07, 6.45) is 1.46. The van der Waals surface area contributed by atoms with Gasteiger partial charge in [0.25, 0.3) is 0 Å². The molecule has 4 aromatic rings. The van der Waals surface area contributed by atoms with Crippen molar-refractivity contribution in [1.29, 1.82) is 0 Å². The molecule has 2 atom stereocenters. The fraction of sp³-hybridized carbons (Fsp3) is 0.227. The van der Waals surface area contributed by atoms with Gasteiger partial charge in [-0.15, -0.1) is 5.10 Å². The molecule has 0 radical (unpaired) electrons. The van der Waals surface area contributed by atoms with Crippen LogP contribution in [-0.2, 0) is 4.79 Å². The number of carbonyl (C=O) groups excluding carboxylic acids is 1. The second-order valence-electron chi connectivity index (χ2n) is 8.31. The minimum Gasteiger partial charge on any atom is -0.375 e. The Hall–Kier alpha value is -3.51. The van der Waals surface area contributed by atoms with Gasteiger partial charge in [0.2, 0.25) is 5.91 Å². The first-order valence-electron chi connectivity index (χ1n) is 10.5. The van der Waals surface area contributed by atoms with Crippen molar-refractivity contribution in [3.05, 3.63) is 58.0 Å². The zero-order valence-electron chi connectivity index (χ0n) is 17.8. The lowest BCUT2D eigenvalue weighted by atomic mass is 9.85. The van der Waals surface area contributed by atoms with Gasteiger partial charge in [-0.1, -0.05) is 34.7 Å². The number of nitrogens with zero attached hydrogens (tertiary/aromatic N) is 6. The van der Waals surface area contributed by atoms with Crippen LogP contribution in [0.5, 0.6) is 0 Å². The van der Waals surface area contributed by atoms with E-state index < -0.39 is 23.7 Å². The molecular formula is C22H15ClF3N7OS. The number of likely N-dealkylation sites (tertiary alicyclic amines) is 1. The third-order valence-electron chi connectivity index (χ3n) is 6.33. The zero-order valence-corrected chi connectivity index (χ0v) is 19.3. The van der Waals surface area contributed by atoms with Crippen molar-refractivity contribution in [1.82, 2.24) is 29.9 Å². The number of nitrogens with two attached hydrogens (primary N) is 1. The highest BCUT2D eigenvalue weighted by Crippen LogP contribution is 2.47. The topological polar surface area (TPSA) is 103 Å². The Balaban J connectivity index is 1.50. The van der Waals surface area contributed by atoms with E-state index in [-0.39, 0.29) is 43.8 Å². The van der Waals surface area contributed by atoms with Crippen LogP contribution in [0, 0.1) is 5.82 Å². The second kappa shape index (κ2) is 7.75. The number of fused-ring (bicyclic) bond motifs is 4.